The summed E-state index contributed by atoms with van der Waals surface area (Å²) in [5.74, 6) is -1.35. The predicted octanol–water partition coefficient (Wildman–Crippen LogP) is 4.39. The molecule has 0 aliphatic heterocycles. The molecule has 2 rings (SSSR count). The zero-order valence-electron chi connectivity index (χ0n) is 11.5. The zero-order valence-corrected chi connectivity index (χ0v) is 11.5. The lowest BCUT2D eigenvalue weighted by Crippen LogP contribution is -2.06. The van der Waals surface area contributed by atoms with E-state index in [0.717, 1.165) is 30.2 Å². The normalized spacial score (nSPS) is 10.8. The summed E-state index contributed by atoms with van der Waals surface area (Å²) in [5.41, 5.74) is 1.17. The van der Waals surface area contributed by atoms with E-state index < -0.39 is 17.4 Å². The van der Waals surface area contributed by atoms with E-state index in [0.29, 0.717) is 11.5 Å². The second kappa shape index (κ2) is 5.95. The van der Waals surface area contributed by atoms with Crippen LogP contribution in [0.25, 0.3) is 0 Å². The molecule has 0 aliphatic rings. The maximum atomic E-state index is 13.6. The Kier molecular flexibility index (Phi) is 4.28. The van der Waals surface area contributed by atoms with Gasteiger partial charge < -0.3 is 0 Å². The Balaban J connectivity index is 2.35. The van der Waals surface area contributed by atoms with Gasteiger partial charge in [0.15, 0.2) is 5.78 Å². The molecule has 20 heavy (non-hydrogen) atoms. The quantitative estimate of drug-likeness (QED) is 0.755. The van der Waals surface area contributed by atoms with Crippen molar-refractivity contribution in [3.8, 4) is 0 Å². The summed E-state index contributed by atoms with van der Waals surface area (Å²) >= 11 is 0. The Labute approximate surface area is 117 Å². The van der Waals surface area contributed by atoms with Crippen LogP contribution >= 0.6 is 0 Å². The maximum absolute atomic E-state index is 13.6. The van der Waals surface area contributed by atoms with Crippen molar-refractivity contribution < 1.29 is 13.6 Å². The third-order valence-corrected chi connectivity index (χ3v) is 3.01. The number of rotatable bonds is 4. The fraction of sp³-hybridized carbons (Fsp3) is 0.235. The summed E-state index contributed by atoms with van der Waals surface area (Å²) in [6.07, 6.45) is 0.840. The molecule has 0 bridgehead atoms. The van der Waals surface area contributed by atoms with Gasteiger partial charge in [-0.2, -0.15) is 0 Å². The smallest absolute Gasteiger partial charge is 0.196 e. The van der Waals surface area contributed by atoms with E-state index in [-0.39, 0.29) is 5.56 Å². The van der Waals surface area contributed by atoms with Crippen LogP contribution < -0.4 is 0 Å². The first-order valence-electron chi connectivity index (χ1n) is 6.56. The molecule has 0 saturated carbocycles. The van der Waals surface area contributed by atoms with Crippen LogP contribution in [0.3, 0.4) is 0 Å². The first kappa shape index (κ1) is 14.4. The largest absolute Gasteiger partial charge is 0.288 e. The van der Waals surface area contributed by atoms with E-state index in [1.165, 1.54) is 0 Å². The molecule has 0 aliphatic carbocycles. The van der Waals surface area contributed by atoms with Crippen molar-refractivity contribution in [2.75, 3.05) is 0 Å². The molecule has 0 atom stereocenters. The van der Waals surface area contributed by atoms with Gasteiger partial charge >= 0.3 is 0 Å². The van der Waals surface area contributed by atoms with Gasteiger partial charge in [-0.3, -0.25) is 4.79 Å². The fourth-order valence-electron chi connectivity index (χ4n) is 2.14. The molecule has 0 saturated heterocycles. The van der Waals surface area contributed by atoms with Gasteiger partial charge in [-0.15, -0.1) is 0 Å². The van der Waals surface area contributed by atoms with Crippen molar-refractivity contribution in [2.45, 2.75) is 20.3 Å². The van der Waals surface area contributed by atoms with Gasteiger partial charge in [0, 0.05) is 5.56 Å². The van der Waals surface area contributed by atoms with Crippen LogP contribution in [0.1, 0.15) is 35.3 Å². The molecule has 0 unspecified atom stereocenters. The Morgan fingerprint density at radius 1 is 1.10 bits per heavy atom. The Morgan fingerprint density at radius 3 is 2.55 bits per heavy atom. The predicted molar refractivity (Wildman–Crippen MR) is 74.8 cm³/mol. The van der Waals surface area contributed by atoms with Gasteiger partial charge in [-0.05, 0) is 42.2 Å². The van der Waals surface area contributed by atoms with Crippen molar-refractivity contribution in [3.05, 3.63) is 70.8 Å². The van der Waals surface area contributed by atoms with Crippen molar-refractivity contribution in [2.24, 2.45) is 5.92 Å². The number of halogens is 2. The lowest BCUT2D eigenvalue weighted by Gasteiger charge is -2.08. The highest BCUT2D eigenvalue weighted by Crippen LogP contribution is 2.17. The zero-order chi connectivity index (χ0) is 14.7. The number of carbonyl (C=O) groups excluding carboxylic acids is 1. The summed E-state index contributed by atoms with van der Waals surface area (Å²) < 4.78 is 26.8. The van der Waals surface area contributed by atoms with E-state index in [1.54, 1.807) is 18.2 Å². The molecule has 0 radical (unpaired) electrons. The first-order valence-corrected chi connectivity index (χ1v) is 6.56. The van der Waals surface area contributed by atoms with E-state index in [9.17, 15) is 13.6 Å². The molecule has 0 aromatic heterocycles. The van der Waals surface area contributed by atoms with Crippen molar-refractivity contribution >= 4 is 5.78 Å². The first-order chi connectivity index (χ1) is 9.47. The Hall–Kier alpha value is -2.03. The van der Waals surface area contributed by atoms with Gasteiger partial charge in [0.25, 0.3) is 0 Å². The minimum atomic E-state index is -0.703. The van der Waals surface area contributed by atoms with Crippen molar-refractivity contribution in [3.63, 3.8) is 0 Å². The van der Waals surface area contributed by atoms with Crippen molar-refractivity contribution in [1.82, 2.24) is 0 Å². The third kappa shape index (κ3) is 3.29. The Morgan fingerprint density at radius 2 is 1.85 bits per heavy atom. The number of benzene rings is 2. The number of carbonyl (C=O) groups is 1. The molecule has 2 aromatic carbocycles. The monoisotopic (exact) mass is 274 g/mol. The second-order valence-corrected chi connectivity index (χ2v) is 5.25. The van der Waals surface area contributed by atoms with Crippen LogP contribution in [0.5, 0.6) is 0 Å². The van der Waals surface area contributed by atoms with E-state index >= 15 is 0 Å². The molecular formula is C17H16F2O. The van der Waals surface area contributed by atoms with Gasteiger partial charge in [-0.1, -0.05) is 32.0 Å². The van der Waals surface area contributed by atoms with Crippen LogP contribution in [0.15, 0.2) is 42.5 Å². The topological polar surface area (TPSA) is 17.1 Å². The molecule has 1 nitrogen and oxygen atoms in total. The summed E-state index contributed by atoms with van der Waals surface area (Å²) in [6, 6.07) is 9.97. The van der Waals surface area contributed by atoms with Gasteiger partial charge in [0.1, 0.15) is 11.6 Å². The fourth-order valence-corrected chi connectivity index (χ4v) is 2.14. The molecule has 0 amide bonds. The van der Waals surface area contributed by atoms with Gasteiger partial charge in [0.2, 0.25) is 0 Å². The van der Waals surface area contributed by atoms with Crippen LogP contribution in [-0.2, 0) is 6.42 Å². The highest BCUT2D eigenvalue weighted by Gasteiger charge is 2.15. The van der Waals surface area contributed by atoms with Crippen LogP contribution in [0.2, 0.25) is 0 Å². The average Bonchev–Trinajstić information content (AvgIpc) is 2.40. The summed E-state index contributed by atoms with van der Waals surface area (Å²) in [7, 11) is 0. The Bertz CT molecular complexity index is 633. The van der Waals surface area contributed by atoms with Gasteiger partial charge in [-0.25, -0.2) is 8.78 Å². The summed E-state index contributed by atoms with van der Waals surface area (Å²) in [4.78, 5) is 12.3. The summed E-state index contributed by atoms with van der Waals surface area (Å²) in [5, 5.41) is 0. The van der Waals surface area contributed by atoms with E-state index in [1.807, 2.05) is 6.07 Å². The van der Waals surface area contributed by atoms with Crippen molar-refractivity contribution in [1.29, 1.82) is 0 Å². The lowest BCUT2D eigenvalue weighted by atomic mass is 9.97. The molecule has 0 heterocycles. The minimum Gasteiger partial charge on any atom is -0.288 e. The standard InChI is InChI=1S/C17H16F2O/c1-11(2)8-12-4-3-5-13(9-12)17(20)15-10-14(18)6-7-16(15)19/h3-7,9-11H,8H2,1-2H3. The van der Waals surface area contributed by atoms with Crippen LogP contribution in [-0.4, -0.2) is 5.78 Å². The second-order valence-electron chi connectivity index (χ2n) is 5.25. The third-order valence-electron chi connectivity index (χ3n) is 3.01. The minimum absolute atomic E-state index is 0.230. The van der Waals surface area contributed by atoms with E-state index in [2.05, 4.69) is 13.8 Å². The summed E-state index contributed by atoms with van der Waals surface area (Å²) in [6.45, 7) is 4.17. The molecule has 0 fully saturated rings. The number of hydrogen-bond donors (Lipinski definition) is 0. The molecule has 0 N–H and O–H groups in total. The van der Waals surface area contributed by atoms with Gasteiger partial charge in [0.05, 0.1) is 5.56 Å². The number of hydrogen-bond acceptors (Lipinski definition) is 1. The van der Waals surface area contributed by atoms with E-state index in [4.69, 9.17) is 0 Å². The molecule has 104 valence electrons. The lowest BCUT2D eigenvalue weighted by molar-refractivity contribution is 0.103. The maximum Gasteiger partial charge on any atom is 0.196 e. The highest BCUT2D eigenvalue weighted by molar-refractivity contribution is 6.09. The van der Waals surface area contributed by atoms with Crippen LogP contribution in [0.4, 0.5) is 8.78 Å². The van der Waals surface area contributed by atoms with Crippen LogP contribution in [0, 0.1) is 17.6 Å². The molecule has 2 aromatic rings. The molecule has 3 heteroatoms. The molecule has 0 spiro atoms. The SMILES string of the molecule is CC(C)Cc1cccc(C(=O)c2cc(F)ccc2F)c1. The highest BCUT2D eigenvalue weighted by atomic mass is 19.1. The average molecular weight is 274 g/mol. The molecular weight excluding hydrogens is 258 g/mol. The number of ketones is 1.